The summed E-state index contributed by atoms with van der Waals surface area (Å²) in [4.78, 5) is 14.1. The van der Waals surface area contributed by atoms with Crippen LogP contribution in [0.1, 0.15) is 35.6 Å². The largest absolute Gasteiger partial charge is 0.235 e. The molecule has 2 heteroatoms. The zero-order valence-electron chi connectivity index (χ0n) is 8.29. The molecule has 0 aliphatic heterocycles. The van der Waals surface area contributed by atoms with Gasteiger partial charge in [0.05, 0.1) is 6.04 Å². The van der Waals surface area contributed by atoms with Crippen molar-refractivity contribution in [2.24, 2.45) is 4.99 Å². The Morgan fingerprint density at radius 3 is 3.14 bits per heavy atom. The normalized spacial score (nSPS) is 19.6. The lowest BCUT2D eigenvalue weighted by Crippen LogP contribution is -2.09. The molecule has 0 heterocycles. The molecule has 0 fully saturated rings. The molecule has 1 aliphatic carbocycles. The minimum Gasteiger partial charge on any atom is -0.211 e. The van der Waals surface area contributed by atoms with Crippen molar-refractivity contribution < 1.29 is 4.79 Å². The first-order chi connectivity index (χ1) is 6.83. The number of hydrogen-bond acceptors (Lipinski definition) is 2. The van der Waals surface area contributed by atoms with E-state index in [4.69, 9.17) is 0 Å². The monoisotopic (exact) mass is 187 g/mol. The van der Waals surface area contributed by atoms with Crippen molar-refractivity contribution in [3.63, 3.8) is 0 Å². The van der Waals surface area contributed by atoms with E-state index >= 15 is 0 Å². The summed E-state index contributed by atoms with van der Waals surface area (Å²) in [5.41, 5.74) is 3.91. The molecule has 0 saturated heterocycles. The van der Waals surface area contributed by atoms with Crippen molar-refractivity contribution in [3.05, 3.63) is 34.9 Å². The topological polar surface area (TPSA) is 29.4 Å². The van der Waals surface area contributed by atoms with E-state index in [0.717, 1.165) is 19.3 Å². The maximum atomic E-state index is 10.3. The predicted molar refractivity (Wildman–Crippen MR) is 55.0 cm³/mol. The summed E-state index contributed by atoms with van der Waals surface area (Å²) in [7, 11) is 0. The van der Waals surface area contributed by atoms with Crippen molar-refractivity contribution in [1.82, 2.24) is 0 Å². The quantitative estimate of drug-likeness (QED) is 0.491. The number of nitrogens with zero attached hydrogens (tertiary/aromatic N) is 1. The molecule has 0 saturated carbocycles. The molecule has 0 N–H and O–H groups in total. The summed E-state index contributed by atoms with van der Waals surface area (Å²) >= 11 is 0. The average molecular weight is 187 g/mol. The molecular formula is C12H13NO. The lowest BCUT2D eigenvalue weighted by molar-refractivity contribution is 0.537. The fraction of sp³-hybridized carbons (Fsp3) is 0.417. The molecule has 0 radical (unpaired) electrons. The molecule has 2 rings (SSSR count). The van der Waals surface area contributed by atoms with E-state index in [-0.39, 0.29) is 6.04 Å². The molecule has 1 atom stereocenters. The molecule has 0 bridgehead atoms. The number of aryl methyl sites for hydroxylation is 1. The second-order valence-corrected chi connectivity index (χ2v) is 3.77. The predicted octanol–water partition coefficient (Wildman–Crippen LogP) is 2.71. The zero-order valence-corrected chi connectivity index (χ0v) is 8.29. The van der Waals surface area contributed by atoms with E-state index in [2.05, 4.69) is 24.0 Å². The molecule has 1 aromatic rings. The standard InChI is InChI=1S/C12H13NO/c1-9-4-2-6-11-10(9)5-3-7-12(11)13-8-14/h2,4,6,12H,3,5,7H2,1H3. The van der Waals surface area contributed by atoms with Crippen molar-refractivity contribution in [3.8, 4) is 0 Å². The lowest BCUT2D eigenvalue weighted by Gasteiger charge is -2.22. The number of aliphatic imine (C=N–C) groups is 1. The molecule has 0 aromatic heterocycles. The Labute approximate surface area is 83.7 Å². The molecule has 72 valence electrons. The van der Waals surface area contributed by atoms with E-state index in [1.807, 2.05) is 6.07 Å². The van der Waals surface area contributed by atoms with Crippen LogP contribution in [0.15, 0.2) is 23.2 Å². The van der Waals surface area contributed by atoms with Crippen molar-refractivity contribution in [2.45, 2.75) is 32.2 Å². The average Bonchev–Trinajstić information content (AvgIpc) is 2.20. The fourth-order valence-electron chi connectivity index (χ4n) is 2.20. The number of carbonyl (C=O) groups excluding carboxylic acids is 1. The third-order valence-corrected chi connectivity index (χ3v) is 2.92. The van der Waals surface area contributed by atoms with Crippen LogP contribution in [0, 0.1) is 6.92 Å². The molecular weight excluding hydrogens is 174 g/mol. The van der Waals surface area contributed by atoms with E-state index in [9.17, 15) is 4.79 Å². The molecule has 1 aliphatic rings. The summed E-state index contributed by atoms with van der Waals surface area (Å²) in [5.74, 6) is 0. The van der Waals surface area contributed by atoms with Gasteiger partial charge in [-0.3, -0.25) is 0 Å². The maximum Gasteiger partial charge on any atom is 0.235 e. The fourth-order valence-corrected chi connectivity index (χ4v) is 2.20. The highest BCUT2D eigenvalue weighted by molar-refractivity contribution is 5.41. The van der Waals surface area contributed by atoms with Gasteiger partial charge in [-0.05, 0) is 42.9 Å². The van der Waals surface area contributed by atoms with Crippen LogP contribution in [0.3, 0.4) is 0 Å². The van der Waals surface area contributed by atoms with E-state index < -0.39 is 0 Å². The van der Waals surface area contributed by atoms with Gasteiger partial charge in [0.1, 0.15) is 0 Å². The van der Waals surface area contributed by atoms with Gasteiger partial charge in [0.15, 0.2) is 0 Å². The summed E-state index contributed by atoms with van der Waals surface area (Å²) in [6.45, 7) is 2.12. The van der Waals surface area contributed by atoms with Gasteiger partial charge >= 0.3 is 0 Å². The van der Waals surface area contributed by atoms with Gasteiger partial charge < -0.3 is 0 Å². The molecule has 2 nitrogen and oxygen atoms in total. The maximum absolute atomic E-state index is 10.3. The highest BCUT2D eigenvalue weighted by Crippen LogP contribution is 2.33. The van der Waals surface area contributed by atoms with Crippen LogP contribution in [0.25, 0.3) is 0 Å². The Morgan fingerprint density at radius 1 is 1.50 bits per heavy atom. The van der Waals surface area contributed by atoms with Crippen LogP contribution in [-0.4, -0.2) is 6.08 Å². The third-order valence-electron chi connectivity index (χ3n) is 2.92. The molecule has 1 unspecified atom stereocenters. The van der Waals surface area contributed by atoms with Crippen LogP contribution in [0.2, 0.25) is 0 Å². The van der Waals surface area contributed by atoms with Crippen LogP contribution in [0.4, 0.5) is 0 Å². The second-order valence-electron chi connectivity index (χ2n) is 3.77. The minimum atomic E-state index is 0.0520. The molecule has 0 spiro atoms. The molecule has 1 aromatic carbocycles. The minimum absolute atomic E-state index is 0.0520. The van der Waals surface area contributed by atoms with E-state index in [1.165, 1.54) is 16.7 Å². The van der Waals surface area contributed by atoms with Crippen molar-refractivity contribution in [1.29, 1.82) is 0 Å². The Kier molecular flexibility index (Phi) is 2.47. The highest BCUT2D eigenvalue weighted by Gasteiger charge is 2.20. The summed E-state index contributed by atoms with van der Waals surface area (Å²) in [6.07, 6.45) is 4.89. The first-order valence-corrected chi connectivity index (χ1v) is 4.98. The SMILES string of the molecule is Cc1cccc2c1CCCC2N=C=O. The van der Waals surface area contributed by atoms with Crippen LogP contribution < -0.4 is 0 Å². The molecule has 14 heavy (non-hydrogen) atoms. The first kappa shape index (κ1) is 9.17. The summed E-state index contributed by atoms with van der Waals surface area (Å²) in [5, 5.41) is 0. The van der Waals surface area contributed by atoms with Gasteiger partial charge in [-0.1, -0.05) is 18.2 Å². The van der Waals surface area contributed by atoms with Gasteiger partial charge in [-0.15, -0.1) is 0 Å². The lowest BCUT2D eigenvalue weighted by atomic mass is 9.85. The van der Waals surface area contributed by atoms with Gasteiger partial charge in [0.25, 0.3) is 0 Å². The highest BCUT2D eigenvalue weighted by atomic mass is 16.1. The number of fused-ring (bicyclic) bond motifs is 1. The zero-order chi connectivity index (χ0) is 9.97. The van der Waals surface area contributed by atoms with Gasteiger partial charge in [-0.25, -0.2) is 4.79 Å². The summed E-state index contributed by atoms with van der Waals surface area (Å²) in [6, 6.07) is 6.28. The Bertz CT molecular complexity index is 391. The van der Waals surface area contributed by atoms with Gasteiger partial charge in [0, 0.05) is 0 Å². The van der Waals surface area contributed by atoms with E-state index in [0.29, 0.717) is 0 Å². The number of rotatable bonds is 1. The van der Waals surface area contributed by atoms with Gasteiger partial charge in [0.2, 0.25) is 6.08 Å². The Hall–Kier alpha value is -1.40. The first-order valence-electron chi connectivity index (χ1n) is 4.98. The second kappa shape index (κ2) is 3.77. The smallest absolute Gasteiger partial charge is 0.211 e. The van der Waals surface area contributed by atoms with Crippen molar-refractivity contribution >= 4 is 6.08 Å². The third kappa shape index (κ3) is 1.49. The molecule has 0 amide bonds. The van der Waals surface area contributed by atoms with Crippen LogP contribution >= 0.6 is 0 Å². The van der Waals surface area contributed by atoms with E-state index in [1.54, 1.807) is 6.08 Å². The number of hydrogen-bond donors (Lipinski definition) is 0. The van der Waals surface area contributed by atoms with Crippen LogP contribution in [0.5, 0.6) is 0 Å². The Balaban J connectivity index is 2.49. The van der Waals surface area contributed by atoms with Crippen molar-refractivity contribution in [2.75, 3.05) is 0 Å². The van der Waals surface area contributed by atoms with Gasteiger partial charge in [-0.2, -0.15) is 4.99 Å². The summed E-state index contributed by atoms with van der Waals surface area (Å²) < 4.78 is 0. The Morgan fingerprint density at radius 2 is 2.36 bits per heavy atom. The van der Waals surface area contributed by atoms with Crippen LogP contribution in [-0.2, 0) is 11.2 Å². The number of benzene rings is 1. The number of isocyanates is 1.